The third kappa shape index (κ3) is 2.76. The molecule has 1 unspecified atom stereocenters. The molecule has 0 N–H and O–H groups in total. The van der Waals surface area contributed by atoms with Crippen molar-refractivity contribution in [2.75, 3.05) is 0 Å². The first-order valence-electron chi connectivity index (χ1n) is 13.5. The van der Waals surface area contributed by atoms with Crippen molar-refractivity contribution in [3.63, 3.8) is 0 Å². The first-order valence-corrected chi connectivity index (χ1v) is 16.0. The van der Waals surface area contributed by atoms with Crippen LogP contribution >= 0.6 is 18.5 Å². The van der Waals surface area contributed by atoms with Crippen LogP contribution in [0.5, 0.6) is 0 Å². The van der Waals surface area contributed by atoms with Crippen LogP contribution in [0.4, 0.5) is 0 Å². The predicted octanol–water partition coefficient (Wildman–Crippen LogP) is 8.77. The first-order chi connectivity index (χ1) is 19.7. The maximum atomic E-state index is 15.7. The van der Waals surface area contributed by atoms with Crippen molar-refractivity contribution in [3.05, 3.63) is 133 Å². The highest BCUT2D eigenvalue weighted by molar-refractivity contribution is 7.86. The van der Waals surface area contributed by atoms with E-state index in [9.17, 15) is 0 Å². The van der Waals surface area contributed by atoms with Gasteiger partial charge in [-0.3, -0.25) is 0 Å². The molecule has 2 nitrogen and oxygen atoms in total. The van der Waals surface area contributed by atoms with Crippen molar-refractivity contribution in [1.82, 2.24) is 4.57 Å². The molecule has 188 valence electrons. The Kier molecular flexibility index (Phi) is 4.51. The fraction of sp³-hybridized carbons (Fsp3) is 0. The van der Waals surface area contributed by atoms with Crippen LogP contribution in [0.1, 0.15) is 0 Å². The second-order valence-electron chi connectivity index (χ2n) is 10.4. The fourth-order valence-electron chi connectivity index (χ4n) is 6.77. The Labute approximate surface area is 235 Å². The Morgan fingerprint density at radius 2 is 1.27 bits per heavy atom. The average molecular weight is 548 g/mol. The molecule has 0 saturated heterocycles. The molecule has 6 aromatic carbocycles. The summed E-state index contributed by atoms with van der Waals surface area (Å²) < 4.78 is 20.7. The summed E-state index contributed by atoms with van der Waals surface area (Å²) in [6.07, 6.45) is 0. The lowest BCUT2D eigenvalue weighted by Gasteiger charge is -2.19. The number of thiophene rings is 1. The third-order valence-corrected chi connectivity index (χ3v) is 12.7. The van der Waals surface area contributed by atoms with Crippen molar-refractivity contribution in [2.24, 2.45) is 0 Å². The van der Waals surface area contributed by atoms with Gasteiger partial charge in [0.2, 0.25) is 0 Å². The van der Waals surface area contributed by atoms with Crippen LogP contribution in [0.2, 0.25) is 0 Å². The lowest BCUT2D eigenvalue weighted by atomic mass is 10.0. The summed E-state index contributed by atoms with van der Waals surface area (Å²) in [4.78, 5) is 0. The number of rotatable bonds is 2. The minimum Gasteiger partial charge on any atom is -0.309 e. The number of fused-ring (bicyclic) bond motifs is 10. The van der Waals surface area contributed by atoms with Crippen molar-refractivity contribution < 1.29 is 4.57 Å². The summed E-state index contributed by atoms with van der Waals surface area (Å²) in [5.74, 6) is 0. The lowest BCUT2D eigenvalue weighted by molar-refractivity contribution is 0.593. The van der Waals surface area contributed by atoms with Crippen LogP contribution < -0.4 is 15.9 Å². The lowest BCUT2D eigenvalue weighted by Crippen LogP contribution is -2.22. The van der Waals surface area contributed by atoms with E-state index < -0.39 is 7.14 Å². The van der Waals surface area contributed by atoms with Crippen molar-refractivity contribution in [1.29, 1.82) is 0 Å². The van der Waals surface area contributed by atoms with Gasteiger partial charge < -0.3 is 9.13 Å². The van der Waals surface area contributed by atoms with E-state index in [1.54, 1.807) is 0 Å². The van der Waals surface area contributed by atoms with Gasteiger partial charge in [0.05, 0.1) is 22.0 Å². The van der Waals surface area contributed by atoms with Crippen LogP contribution in [0, 0.1) is 0 Å². The molecule has 3 heterocycles. The molecule has 0 spiro atoms. The molecule has 0 radical (unpaired) electrons. The predicted molar refractivity (Wildman–Crippen MR) is 172 cm³/mol. The molecule has 1 aliphatic heterocycles. The normalized spacial score (nSPS) is 16.2. The summed E-state index contributed by atoms with van der Waals surface area (Å²) in [6.45, 7) is 0. The highest BCUT2D eigenvalue weighted by atomic mass is 32.1. The minimum atomic E-state index is -3.16. The van der Waals surface area contributed by atoms with Gasteiger partial charge in [0, 0.05) is 41.6 Å². The molecular formula is C36H22NOPS. The maximum Gasteiger partial charge on any atom is 0.174 e. The van der Waals surface area contributed by atoms with Gasteiger partial charge in [-0.15, -0.1) is 11.3 Å². The molecule has 4 heteroatoms. The van der Waals surface area contributed by atoms with Gasteiger partial charge in [-0.2, -0.15) is 0 Å². The Bertz CT molecular complexity index is 2360. The van der Waals surface area contributed by atoms with Crippen molar-refractivity contribution in [2.45, 2.75) is 0 Å². The second-order valence-corrected chi connectivity index (χ2v) is 14.2. The summed E-state index contributed by atoms with van der Waals surface area (Å²) in [5.41, 5.74) is 5.45. The molecule has 0 aliphatic carbocycles. The molecule has 1 atom stereocenters. The molecule has 0 fully saturated rings. The smallest absolute Gasteiger partial charge is 0.174 e. The molecule has 0 amide bonds. The van der Waals surface area contributed by atoms with Gasteiger partial charge in [0.15, 0.2) is 7.14 Å². The number of benzene rings is 6. The average Bonchev–Trinajstić information content (AvgIpc) is 3.64. The van der Waals surface area contributed by atoms with E-state index in [4.69, 9.17) is 0 Å². The zero-order valence-corrected chi connectivity index (χ0v) is 23.1. The largest absolute Gasteiger partial charge is 0.309 e. The number of para-hydroxylation sites is 1. The second kappa shape index (κ2) is 8.05. The zero-order valence-electron chi connectivity index (χ0n) is 21.4. The molecule has 40 heavy (non-hydrogen) atoms. The molecule has 2 aromatic heterocycles. The van der Waals surface area contributed by atoms with Crippen LogP contribution in [0.15, 0.2) is 133 Å². The zero-order chi connectivity index (χ0) is 26.4. The Hall–Kier alpha value is -4.43. The van der Waals surface area contributed by atoms with Crippen LogP contribution in [0.3, 0.4) is 0 Å². The van der Waals surface area contributed by atoms with Crippen molar-refractivity contribution in [3.8, 4) is 16.8 Å². The number of nitrogens with zero attached hydrogens (tertiary/aromatic N) is 1. The number of aromatic nitrogens is 1. The summed E-state index contributed by atoms with van der Waals surface area (Å²) >= 11 is 1.83. The molecule has 1 aliphatic rings. The topological polar surface area (TPSA) is 22.0 Å². The van der Waals surface area contributed by atoms with Crippen molar-refractivity contribution >= 4 is 76.4 Å². The maximum absolute atomic E-state index is 15.7. The fourth-order valence-corrected chi connectivity index (χ4v) is 11.2. The van der Waals surface area contributed by atoms with Gasteiger partial charge in [-0.25, -0.2) is 0 Å². The van der Waals surface area contributed by atoms with Gasteiger partial charge in [-0.1, -0.05) is 109 Å². The van der Waals surface area contributed by atoms with E-state index in [0.29, 0.717) is 0 Å². The molecule has 0 saturated carbocycles. The molecule has 9 rings (SSSR count). The summed E-state index contributed by atoms with van der Waals surface area (Å²) in [7, 11) is -3.16. The Morgan fingerprint density at radius 3 is 2.17 bits per heavy atom. The third-order valence-electron chi connectivity index (χ3n) is 8.40. The minimum absolute atomic E-state index is 0.879. The monoisotopic (exact) mass is 547 g/mol. The quantitative estimate of drug-likeness (QED) is 0.198. The Morgan fingerprint density at radius 1 is 0.550 bits per heavy atom. The SMILES string of the molecule is O=P1(c2ccccc2)c2ccccc2-c2ccc3c4ccccc4n(-c4cccc5sc6ccccc6c45)c3c21. The van der Waals surface area contributed by atoms with E-state index >= 15 is 4.57 Å². The van der Waals surface area contributed by atoms with E-state index in [2.05, 4.69) is 102 Å². The number of hydrogen-bond donors (Lipinski definition) is 0. The van der Waals surface area contributed by atoms with Gasteiger partial charge in [0.1, 0.15) is 0 Å². The molecule has 8 aromatic rings. The summed E-state index contributed by atoms with van der Waals surface area (Å²) in [6, 6.07) is 46.6. The van der Waals surface area contributed by atoms with Crippen LogP contribution in [-0.2, 0) is 4.57 Å². The van der Waals surface area contributed by atoms with E-state index in [-0.39, 0.29) is 0 Å². The van der Waals surface area contributed by atoms with E-state index in [1.165, 1.54) is 25.6 Å². The first kappa shape index (κ1) is 22.4. The molecular weight excluding hydrogens is 525 g/mol. The van der Waals surface area contributed by atoms with Crippen LogP contribution in [0.25, 0.3) is 58.8 Å². The highest BCUT2D eigenvalue weighted by Gasteiger charge is 2.42. The van der Waals surface area contributed by atoms with Gasteiger partial charge in [-0.05, 0) is 35.4 Å². The highest BCUT2D eigenvalue weighted by Crippen LogP contribution is 2.55. The van der Waals surface area contributed by atoms with E-state index in [1.807, 2.05) is 47.7 Å². The Balaban J connectivity index is 1.53. The van der Waals surface area contributed by atoms with Gasteiger partial charge >= 0.3 is 0 Å². The number of hydrogen-bond acceptors (Lipinski definition) is 2. The summed E-state index contributed by atoms with van der Waals surface area (Å²) in [5, 5.41) is 7.57. The van der Waals surface area contributed by atoms with Crippen LogP contribution in [-0.4, -0.2) is 4.57 Å². The standard InChI is InChI=1S/C36H22NOPS/c38-39(23-11-2-1-3-12-23)31-18-8-5-14-25(31)27-22-21-26-24-13-4-7-16-29(24)37(35(26)36(27)39)30-17-10-20-33-34(30)28-15-6-9-19-32(28)40-33/h1-22H. The van der Waals surface area contributed by atoms with E-state index in [0.717, 1.165) is 49.1 Å². The van der Waals surface area contributed by atoms with Gasteiger partial charge in [0.25, 0.3) is 0 Å². The molecule has 0 bridgehead atoms.